The summed E-state index contributed by atoms with van der Waals surface area (Å²) in [7, 11) is 0. The summed E-state index contributed by atoms with van der Waals surface area (Å²) in [5.74, 6) is 0.458. The van der Waals surface area contributed by atoms with E-state index in [2.05, 4.69) is 51.1 Å². The lowest BCUT2D eigenvalue weighted by Gasteiger charge is -1.98. The molecule has 0 aliphatic carbocycles. The van der Waals surface area contributed by atoms with Gasteiger partial charge in [-0.3, -0.25) is 0 Å². The minimum Gasteiger partial charge on any atom is -0.192 e. The maximum Gasteiger partial charge on any atom is 0.100 e. The van der Waals surface area contributed by atoms with Crippen molar-refractivity contribution in [1.29, 1.82) is 10.5 Å². The van der Waals surface area contributed by atoms with E-state index in [0.717, 1.165) is 28.8 Å². The molecule has 4 aromatic heterocycles. The van der Waals surface area contributed by atoms with E-state index in [4.69, 9.17) is 0 Å². The average molecular weight is 439 g/mol. The van der Waals surface area contributed by atoms with Crippen LogP contribution in [-0.4, -0.2) is 0 Å². The van der Waals surface area contributed by atoms with Crippen LogP contribution >= 0.6 is 45.3 Å². The minimum atomic E-state index is 0.458. The zero-order chi connectivity index (χ0) is 19.8. The summed E-state index contributed by atoms with van der Waals surface area (Å²) in [6.07, 6.45) is 1.68. The molecule has 0 fully saturated rings. The Bertz CT molecular complexity index is 1200. The van der Waals surface area contributed by atoms with Gasteiger partial charge in [0.05, 0.1) is 11.1 Å². The second-order valence-corrected chi connectivity index (χ2v) is 11.9. The molecule has 0 radical (unpaired) electrons. The number of nitrogens with zero attached hydrogens (tertiary/aromatic N) is 2. The summed E-state index contributed by atoms with van der Waals surface area (Å²) in [4.78, 5) is 7.43. The number of rotatable bonds is 5. The van der Waals surface area contributed by atoms with Gasteiger partial charge in [-0.25, -0.2) is 0 Å². The molecule has 0 atom stereocenters. The highest BCUT2D eigenvalue weighted by Crippen LogP contribution is 2.38. The first kappa shape index (κ1) is 19.4. The first-order chi connectivity index (χ1) is 13.5. The smallest absolute Gasteiger partial charge is 0.100 e. The van der Waals surface area contributed by atoms with E-state index in [1.807, 2.05) is 28.7 Å². The Balaban J connectivity index is 1.56. The molecule has 4 heterocycles. The van der Waals surface area contributed by atoms with Crippen LogP contribution in [0.1, 0.15) is 60.2 Å². The Hall–Kier alpha value is -1.96. The van der Waals surface area contributed by atoms with Crippen molar-refractivity contribution in [1.82, 2.24) is 0 Å². The molecule has 0 aliphatic rings. The molecule has 28 heavy (non-hydrogen) atoms. The molecule has 6 heteroatoms. The Morgan fingerprint density at radius 1 is 0.786 bits per heavy atom. The predicted molar refractivity (Wildman–Crippen MR) is 122 cm³/mol. The van der Waals surface area contributed by atoms with Gasteiger partial charge in [-0.2, -0.15) is 10.5 Å². The SMILES string of the molecule is Cc1cc(C#N)c(Cc2cc3sc(Cc4sc(C(C)C)cc4C#N)cc3s2)s1. The average Bonchev–Trinajstić information content (AvgIpc) is 3.38. The van der Waals surface area contributed by atoms with Crippen molar-refractivity contribution >= 4 is 54.7 Å². The zero-order valence-electron chi connectivity index (χ0n) is 15.8. The maximum atomic E-state index is 9.45. The quantitative estimate of drug-likeness (QED) is 0.325. The molecule has 0 aliphatic heterocycles. The van der Waals surface area contributed by atoms with E-state index in [1.54, 1.807) is 22.7 Å². The van der Waals surface area contributed by atoms with Gasteiger partial charge in [0.2, 0.25) is 0 Å². The summed E-state index contributed by atoms with van der Waals surface area (Å²) in [5.41, 5.74) is 1.63. The standard InChI is InChI=1S/C22H18N2S4/c1-12(2)18-5-15(11-24)20(28-18)7-17-9-22-21(27-17)8-16(26-22)6-19-14(10-23)4-13(3)25-19/h4-5,8-9,12H,6-7H2,1-3H3. The fourth-order valence-electron chi connectivity index (χ4n) is 3.17. The minimum absolute atomic E-state index is 0.458. The molecule has 0 unspecified atom stereocenters. The lowest BCUT2D eigenvalue weighted by atomic mass is 10.1. The topological polar surface area (TPSA) is 47.6 Å². The third-order valence-corrected chi connectivity index (χ3v) is 9.33. The van der Waals surface area contributed by atoms with Crippen LogP contribution in [0.4, 0.5) is 0 Å². The molecule has 0 bridgehead atoms. The van der Waals surface area contributed by atoms with Crippen LogP contribution in [0.25, 0.3) is 9.40 Å². The molecule has 0 spiro atoms. The van der Waals surface area contributed by atoms with E-state index in [9.17, 15) is 10.5 Å². The largest absolute Gasteiger partial charge is 0.192 e. The molecular weight excluding hydrogens is 421 g/mol. The summed E-state index contributed by atoms with van der Waals surface area (Å²) >= 11 is 7.13. The van der Waals surface area contributed by atoms with E-state index in [0.29, 0.717) is 5.92 Å². The molecule has 4 rings (SSSR count). The van der Waals surface area contributed by atoms with Gasteiger partial charge >= 0.3 is 0 Å². The second kappa shape index (κ2) is 7.81. The van der Waals surface area contributed by atoms with Crippen molar-refractivity contribution in [3.63, 3.8) is 0 Å². The lowest BCUT2D eigenvalue weighted by molar-refractivity contribution is 0.889. The number of fused-ring (bicyclic) bond motifs is 1. The highest BCUT2D eigenvalue weighted by molar-refractivity contribution is 7.28. The van der Waals surface area contributed by atoms with Gasteiger partial charge in [0.25, 0.3) is 0 Å². The molecule has 0 saturated carbocycles. The summed E-state index contributed by atoms with van der Waals surface area (Å²) in [6, 6.07) is 13.2. The molecule has 2 nitrogen and oxygen atoms in total. The third-order valence-electron chi connectivity index (χ3n) is 4.55. The number of nitriles is 2. The molecule has 0 N–H and O–H groups in total. The fraction of sp³-hybridized carbons (Fsp3) is 0.273. The molecule has 140 valence electrons. The Kier molecular flexibility index (Phi) is 5.40. The van der Waals surface area contributed by atoms with E-state index in [-0.39, 0.29) is 0 Å². The molecule has 0 amide bonds. The highest BCUT2D eigenvalue weighted by Gasteiger charge is 2.15. The van der Waals surface area contributed by atoms with Crippen LogP contribution in [0.3, 0.4) is 0 Å². The molecule has 0 saturated heterocycles. The van der Waals surface area contributed by atoms with Crippen molar-refractivity contribution in [2.24, 2.45) is 0 Å². The summed E-state index contributed by atoms with van der Waals surface area (Å²) in [6.45, 7) is 6.40. The monoisotopic (exact) mass is 438 g/mol. The van der Waals surface area contributed by atoms with E-state index < -0.39 is 0 Å². The van der Waals surface area contributed by atoms with Crippen molar-refractivity contribution in [2.45, 2.75) is 39.5 Å². The van der Waals surface area contributed by atoms with Gasteiger partial charge in [0, 0.05) is 51.5 Å². The Morgan fingerprint density at radius 3 is 1.86 bits per heavy atom. The van der Waals surface area contributed by atoms with Gasteiger partial charge in [0.1, 0.15) is 12.1 Å². The van der Waals surface area contributed by atoms with Crippen molar-refractivity contribution in [3.05, 3.63) is 64.7 Å². The van der Waals surface area contributed by atoms with Gasteiger partial charge < -0.3 is 0 Å². The first-order valence-electron chi connectivity index (χ1n) is 9.00. The van der Waals surface area contributed by atoms with E-state index in [1.165, 1.54) is 33.8 Å². The maximum absolute atomic E-state index is 9.45. The fourth-order valence-corrected chi connectivity index (χ4v) is 7.98. The summed E-state index contributed by atoms with van der Waals surface area (Å²) in [5, 5.41) is 18.8. The number of hydrogen-bond donors (Lipinski definition) is 0. The van der Waals surface area contributed by atoms with Crippen molar-refractivity contribution < 1.29 is 0 Å². The number of thiophene rings is 4. The van der Waals surface area contributed by atoms with Crippen LogP contribution in [0.15, 0.2) is 24.3 Å². The Morgan fingerprint density at radius 2 is 1.32 bits per heavy atom. The Labute approximate surface area is 180 Å². The normalized spacial score (nSPS) is 11.2. The first-order valence-corrected chi connectivity index (χ1v) is 12.3. The van der Waals surface area contributed by atoms with Crippen LogP contribution in [0.5, 0.6) is 0 Å². The number of hydrogen-bond acceptors (Lipinski definition) is 6. The van der Waals surface area contributed by atoms with E-state index >= 15 is 0 Å². The van der Waals surface area contributed by atoms with Gasteiger partial charge in [-0.05, 0) is 37.1 Å². The molecular formula is C22H18N2S4. The van der Waals surface area contributed by atoms with Crippen molar-refractivity contribution in [2.75, 3.05) is 0 Å². The lowest BCUT2D eigenvalue weighted by Crippen LogP contribution is -1.83. The van der Waals surface area contributed by atoms with Crippen LogP contribution in [0.2, 0.25) is 0 Å². The van der Waals surface area contributed by atoms with Crippen LogP contribution in [0, 0.1) is 29.6 Å². The highest BCUT2D eigenvalue weighted by atomic mass is 32.1. The second-order valence-electron chi connectivity index (χ2n) is 7.07. The number of aryl methyl sites for hydroxylation is 1. The zero-order valence-corrected chi connectivity index (χ0v) is 19.1. The predicted octanol–water partition coefficient (Wildman–Crippen LogP) is 7.44. The summed E-state index contributed by atoms with van der Waals surface area (Å²) < 4.78 is 2.61. The van der Waals surface area contributed by atoms with Gasteiger partial charge in [-0.1, -0.05) is 13.8 Å². The van der Waals surface area contributed by atoms with Gasteiger partial charge in [-0.15, -0.1) is 45.3 Å². The molecule has 0 aromatic carbocycles. The van der Waals surface area contributed by atoms with Crippen molar-refractivity contribution in [3.8, 4) is 12.1 Å². The van der Waals surface area contributed by atoms with Crippen LogP contribution < -0.4 is 0 Å². The third kappa shape index (κ3) is 3.79. The van der Waals surface area contributed by atoms with Gasteiger partial charge in [0.15, 0.2) is 0 Å². The molecule has 4 aromatic rings. The van der Waals surface area contributed by atoms with Crippen LogP contribution in [-0.2, 0) is 12.8 Å².